The first kappa shape index (κ1) is 20.5. The third-order valence-corrected chi connectivity index (χ3v) is 6.51. The van der Waals surface area contributed by atoms with Gasteiger partial charge >= 0.3 is 0 Å². The Morgan fingerprint density at radius 3 is 2.66 bits per heavy atom. The van der Waals surface area contributed by atoms with Crippen LogP contribution in [-0.4, -0.2) is 35.7 Å². The van der Waals surface area contributed by atoms with E-state index in [0.717, 1.165) is 63.8 Å². The van der Waals surface area contributed by atoms with Gasteiger partial charge in [-0.2, -0.15) is 5.10 Å². The Kier molecular flexibility index (Phi) is 5.98. The number of hydrogen-bond acceptors (Lipinski definition) is 5. The molecule has 6 nitrogen and oxygen atoms in total. The fourth-order valence-electron chi connectivity index (χ4n) is 3.85. The Hall–Kier alpha value is -3.45. The molecule has 0 aliphatic rings. The average Bonchev–Trinajstić information content (AvgIpc) is 3.51. The number of H-pyrrole nitrogens is 1. The maximum atomic E-state index is 4.91. The van der Waals surface area contributed by atoms with E-state index < -0.39 is 0 Å². The summed E-state index contributed by atoms with van der Waals surface area (Å²) in [7, 11) is 0. The van der Waals surface area contributed by atoms with Crippen LogP contribution in [0, 0.1) is 0 Å². The molecule has 160 valence electrons. The van der Waals surface area contributed by atoms with Crippen molar-refractivity contribution in [1.29, 1.82) is 0 Å². The number of aromatic amines is 1. The molecule has 0 aliphatic heterocycles. The second-order valence-corrected chi connectivity index (χ2v) is 8.61. The van der Waals surface area contributed by atoms with Crippen LogP contribution in [0.5, 0.6) is 0 Å². The quantitative estimate of drug-likeness (QED) is 0.250. The predicted octanol–water partition coefficient (Wildman–Crippen LogP) is 5.63. The second-order valence-electron chi connectivity index (χ2n) is 7.55. The molecule has 0 atom stereocenters. The van der Waals surface area contributed by atoms with Crippen LogP contribution in [0.4, 0.5) is 0 Å². The smallest absolute Gasteiger partial charge is 0.191 e. The van der Waals surface area contributed by atoms with Crippen molar-refractivity contribution >= 4 is 22.7 Å². The number of thioether (sulfide) groups is 1. The SMILES string of the molecule is CCn1c(SCCCc2cn[nH]c2)nnc1-c1cc(-c2ccccc2)nc2ccccc12. The lowest BCUT2D eigenvalue weighted by atomic mass is 10.0. The van der Waals surface area contributed by atoms with Gasteiger partial charge in [0.1, 0.15) is 0 Å². The first-order chi connectivity index (χ1) is 15.8. The molecule has 5 rings (SSSR count). The first-order valence-corrected chi connectivity index (χ1v) is 11.8. The van der Waals surface area contributed by atoms with Gasteiger partial charge in [-0.05, 0) is 37.5 Å². The van der Waals surface area contributed by atoms with Crippen molar-refractivity contribution in [3.8, 4) is 22.6 Å². The zero-order chi connectivity index (χ0) is 21.8. The maximum absolute atomic E-state index is 4.91. The summed E-state index contributed by atoms with van der Waals surface area (Å²) >= 11 is 1.76. The Balaban J connectivity index is 1.48. The van der Waals surface area contributed by atoms with Crippen LogP contribution in [0.1, 0.15) is 18.9 Å². The zero-order valence-electron chi connectivity index (χ0n) is 17.9. The Morgan fingerprint density at radius 2 is 1.84 bits per heavy atom. The summed E-state index contributed by atoms with van der Waals surface area (Å²) < 4.78 is 2.21. The van der Waals surface area contributed by atoms with Crippen molar-refractivity contribution in [3.63, 3.8) is 0 Å². The summed E-state index contributed by atoms with van der Waals surface area (Å²) in [5, 5.41) is 18.1. The number of fused-ring (bicyclic) bond motifs is 1. The van der Waals surface area contributed by atoms with Crippen LogP contribution in [0.3, 0.4) is 0 Å². The molecule has 0 saturated carbocycles. The minimum absolute atomic E-state index is 0.809. The molecule has 2 aromatic carbocycles. The summed E-state index contributed by atoms with van der Waals surface area (Å²) in [4.78, 5) is 4.91. The van der Waals surface area contributed by atoms with E-state index in [1.807, 2.05) is 42.7 Å². The number of rotatable bonds is 8. The maximum Gasteiger partial charge on any atom is 0.191 e. The molecular formula is C25H24N6S. The number of hydrogen-bond donors (Lipinski definition) is 1. The summed E-state index contributed by atoms with van der Waals surface area (Å²) in [5.41, 5.74) is 5.30. The van der Waals surface area contributed by atoms with E-state index >= 15 is 0 Å². The fraction of sp³-hybridized carbons (Fsp3) is 0.200. The van der Waals surface area contributed by atoms with Gasteiger partial charge in [0.2, 0.25) is 0 Å². The zero-order valence-corrected chi connectivity index (χ0v) is 18.7. The van der Waals surface area contributed by atoms with Gasteiger partial charge in [0, 0.05) is 35.0 Å². The minimum atomic E-state index is 0.809. The fourth-order valence-corrected chi connectivity index (χ4v) is 4.79. The normalized spacial score (nSPS) is 11.3. The van der Waals surface area contributed by atoms with Crippen LogP contribution in [0.25, 0.3) is 33.5 Å². The van der Waals surface area contributed by atoms with E-state index in [2.05, 4.69) is 62.2 Å². The van der Waals surface area contributed by atoms with Gasteiger partial charge in [0.15, 0.2) is 11.0 Å². The summed E-state index contributed by atoms with van der Waals surface area (Å²) in [5.74, 6) is 1.87. The first-order valence-electron chi connectivity index (χ1n) is 10.8. The molecule has 0 fully saturated rings. The van der Waals surface area contributed by atoms with Crippen LogP contribution < -0.4 is 0 Å². The highest BCUT2D eigenvalue weighted by Crippen LogP contribution is 2.33. The number of para-hydroxylation sites is 1. The van der Waals surface area contributed by atoms with Crippen molar-refractivity contribution in [2.75, 3.05) is 5.75 Å². The van der Waals surface area contributed by atoms with Crippen LogP contribution in [0.15, 0.2) is 78.2 Å². The number of nitrogens with one attached hydrogen (secondary N) is 1. The molecule has 0 unspecified atom stereocenters. The molecule has 0 amide bonds. The largest absolute Gasteiger partial charge is 0.302 e. The van der Waals surface area contributed by atoms with E-state index in [1.165, 1.54) is 5.56 Å². The van der Waals surface area contributed by atoms with E-state index in [9.17, 15) is 0 Å². The summed E-state index contributed by atoms with van der Waals surface area (Å²) in [6, 6.07) is 20.7. The molecule has 0 spiro atoms. The van der Waals surface area contributed by atoms with Gasteiger partial charge in [-0.3, -0.25) is 5.10 Å². The van der Waals surface area contributed by atoms with Crippen molar-refractivity contribution in [2.24, 2.45) is 0 Å². The molecule has 5 aromatic rings. The Bertz CT molecular complexity index is 1310. The highest BCUT2D eigenvalue weighted by atomic mass is 32.2. The third kappa shape index (κ3) is 4.16. The van der Waals surface area contributed by atoms with Crippen molar-refractivity contribution < 1.29 is 0 Å². The molecule has 32 heavy (non-hydrogen) atoms. The molecule has 0 saturated heterocycles. The molecule has 7 heteroatoms. The van der Waals surface area contributed by atoms with E-state index in [0.29, 0.717) is 0 Å². The molecule has 0 radical (unpaired) electrons. The molecule has 3 aromatic heterocycles. The van der Waals surface area contributed by atoms with Gasteiger partial charge in [-0.25, -0.2) is 4.98 Å². The number of pyridine rings is 1. The monoisotopic (exact) mass is 440 g/mol. The Morgan fingerprint density at radius 1 is 1.00 bits per heavy atom. The lowest BCUT2D eigenvalue weighted by Crippen LogP contribution is -2.01. The van der Waals surface area contributed by atoms with Gasteiger partial charge in [-0.15, -0.1) is 10.2 Å². The van der Waals surface area contributed by atoms with E-state index in [1.54, 1.807) is 11.8 Å². The van der Waals surface area contributed by atoms with E-state index in [-0.39, 0.29) is 0 Å². The standard InChI is InChI=1S/C25H24N6S/c1-2-31-24(29-30-25(31)32-14-8-9-18-16-26-27-17-18)21-15-23(19-10-4-3-5-11-19)28-22-13-7-6-12-20(21)22/h3-7,10-13,15-17H,2,8-9,14H2,1H3,(H,26,27). The van der Waals surface area contributed by atoms with Gasteiger partial charge in [-0.1, -0.05) is 60.3 Å². The van der Waals surface area contributed by atoms with Gasteiger partial charge in [0.05, 0.1) is 17.4 Å². The lowest BCUT2D eigenvalue weighted by Gasteiger charge is -2.11. The van der Waals surface area contributed by atoms with E-state index in [4.69, 9.17) is 4.98 Å². The van der Waals surface area contributed by atoms with Gasteiger partial charge in [0.25, 0.3) is 0 Å². The van der Waals surface area contributed by atoms with Crippen molar-refractivity contribution in [1.82, 2.24) is 29.9 Å². The van der Waals surface area contributed by atoms with Crippen molar-refractivity contribution in [2.45, 2.75) is 31.5 Å². The predicted molar refractivity (Wildman–Crippen MR) is 130 cm³/mol. The number of nitrogens with zero attached hydrogens (tertiary/aromatic N) is 5. The highest BCUT2D eigenvalue weighted by molar-refractivity contribution is 7.99. The third-order valence-electron chi connectivity index (χ3n) is 5.46. The number of aryl methyl sites for hydroxylation is 1. The molecule has 0 aliphatic carbocycles. The van der Waals surface area contributed by atoms with Crippen molar-refractivity contribution in [3.05, 3.63) is 78.6 Å². The Labute approximate surface area is 191 Å². The molecule has 1 N–H and O–H groups in total. The van der Waals surface area contributed by atoms with Crippen LogP contribution >= 0.6 is 11.8 Å². The highest BCUT2D eigenvalue weighted by Gasteiger charge is 2.17. The van der Waals surface area contributed by atoms with Gasteiger partial charge < -0.3 is 4.57 Å². The summed E-state index contributed by atoms with van der Waals surface area (Å²) in [6.45, 7) is 2.95. The molecule has 0 bridgehead atoms. The summed E-state index contributed by atoms with van der Waals surface area (Å²) in [6.07, 6.45) is 5.91. The average molecular weight is 441 g/mol. The molecular weight excluding hydrogens is 416 g/mol. The van der Waals surface area contributed by atoms with Crippen LogP contribution in [-0.2, 0) is 13.0 Å². The minimum Gasteiger partial charge on any atom is -0.302 e. The lowest BCUT2D eigenvalue weighted by molar-refractivity contribution is 0.687. The second kappa shape index (κ2) is 9.36. The van der Waals surface area contributed by atoms with Crippen LogP contribution in [0.2, 0.25) is 0 Å². The number of benzene rings is 2. The molecule has 3 heterocycles. The number of aromatic nitrogens is 6. The topological polar surface area (TPSA) is 72.3 Å².